The average molecular weight is 288 g/mol. The topological polar surface area (TPSA) is 55.1 Å². The van der Waals surface area contributed by atoms with Gasteiger partial charge in [0.25, 0.3) is 0 Å². The molecule has 1 amide bonds. The van der Waals surface area contributed by atoms with Gasteiger partial charge in [-0.25, -0.2) is 0 Å². The van der Waals surface area contributed by atoms with Crippen LogP contribution in [0.3, 0.4) is 0 Å². The van der Waals surface area contributed by atoms with Gasteiger partial charge in [-0.3, -0.25) is 4.79 Å². The van der Waals surface area contributed by atoms with Crippen LogP contribution in [0.2, 0.25) is 0 Å². The summed E-state index contributed by atoms with van der Waals surface area (Å²) in [5.41, 5.74) is 8.13. The van der Waals surface area contributed by atoms with Gasteiger partial charge in [0, 0.05) is 6.04 Å². The van der Waals surface area contributed by atoms with Gasteiger partial charge in [-0.05, 0) is 50.0 Å². The molecule has 0 aromatic heterocycles. The average Bonchev–Trinajstić information content (AvgIpc) is 2.47. The SMILES string of the molecule is Cc1ccc(C(N)C(=O)NC2CCC(C(C)C)CC2)cc1. The molecule has 1 aliphatic rings. The maximum atomic E-state index is 12.3. The lowest BCUT2D eigenvalue weighted by Crippen LogP contribution is -2.42. The minimum atomic E-state index is -0.562. The Kier molecular flexibility index (Phi) is 5.40. The first-order chi connectivity index (χ1) is 9.97. The lowest BCUT2D eigenvalue weighted by molar-refractivity contribution is -0.123. The summed E-state index contributed by atoms with van der Waals surface area (Å²) in [4.78, 5) is 12.3. The lowest BCUT2D eigenvalue weighted by Gasteiger charge is -2.31. The first-order valence-electron chi connectivity index (χ1n) is 8.10. The normalized spacial score (nSPS) is 23.9. The Hall–Kier alpha value is -1.35. The molecule has 0 saturated heterocycles. The summed E-state index contributed by atoms with van der Waals surface area (Å²) in [5, 5.41) is 3.13. The summed E-state index contributed by atoms with van der Waals surface area (Å²) in [6.07, 6.45) is 4.58. The number of nitrogens with two attached hydrogens (primary N) is 1. The zero-order valence-electron chi connectivity index (χ0n) is 13.4. The fraction of sp³-hybridized carbons (Fsp3) is 0.611. The summed E-state index contributed by atoms with van der Waals surface area (Å²) < 4.78 is 0. The third kappa shape index (κ3) is 4.31. The van der Waals surface area contributed by atoms with Gasteiger partial charge in [-0.2, -0.15) is 0 Å². The van der Waals surface area contributed by atoms with Gasteiger partial charge in [0.15, 0.2) is 0 Å². The van der Waals surface area contributed by atoms with Gasteiger partial charge in [-0.1, -0.05) is 43.7 Å². The largest absolute Gasteiger partial charge is 0.352 e. The zero-order chi connectivity index (χ0) is 15.4. The fourth-order valence-electron chi connectivity index (χ4n) is 3.15. The molecule has 1 aromatic carbocycles. The molecule has 3 nitrogen and oxygen atoms in total. The standard InChI is InChI=1S/C18H28N2O/c1-12(2)14-8-10-16(11-9-14)20-18(21)17(19)15-6-4-13(3)5-7-15/h4-7,12,14,16-17H,8-11,19H2,1-3H3,(H,20,21). The van der Waals surface area contributed by atoms with E-state index in [1.807, 2.05) is 31.2 Å². The molecule has 3 N–H and O–H groups in total. The predicted octanol–water partition coefficient (Wildman–Crippen LogP) is 3.33. The Labute approximate surface area is 128 Å². The molecule has 0 spiro atoms. The van der Waals surface area contributed by atoms with E-state index in [0.717, 1.165) is 30.2 Å². The molecule has 0 heterocycles. The van der Waals surface area contributed by atoms with Crippen molar-refractivity contribution in [3.8, 4) is 0 Å². The summed E-state index contributed by atoms with van der Waals surface area (Å²) in [6.45, 7) is 6.61. The molecule has 2 rings (SSSR count). The first-order valence-corrected chi connectivity index (χ1v) is 8.10. The van der Waals surface area contributed by atoms with Crippen LogP contribution in [-0.2, 0) is 4.79 Å². The molecule has 1 saturated carbocycles. The van der Waals surface area contributed by atoms with Crippen molar-refractivity contribution in [2.75, 3.05) is 0 Å². The minimum absolute atomic E-state index is 0.0492. The molecule has 1 aliphatic carbocycles. The van der Waals surface area contributed by atoms with E-state index in [-0.39, 0.29) is 5.91 Å². The van der Waals surface area contributed by atoms with Crippen molar-refractivity contribution in [3.63, 3.8) is 0 Å². The number of amides is 1. The molecular formula is C18H28N2O. The Balaban J connectivity index is 1.86. The quantitative estimate of drug-likeness (QED) is 0.893. The number of hydrogen-bond acceptors (Lipinski definition) is 2. The molecule has 1 atom stereocenters. The van der Waals surface area contributed by atoms with Crippen LogP contribution in [0.25, 0.3) is 0 Å². The summed E-state index contributed by atoms with van der Waals surface area (Å²) in [6, 6.07) is 7.61. The van der Waals surface area contributed by atoms with Gasteiger partial charge in [0.2, 0.25) is 5.91 Å². The summed E-state index contributed by atoms with van der Waals surface area (Å²) in [7, 11) is 0. The first kappa shape index (κ1) is 16.0. The van der Waals surface area contributed by atoms with E-state index in [1.165, 1.54) is 18.4 Å². The van der Waals surface area contributed by atoms with Crippen molar-refractivity contribution in [2.24, 2.45) is 17.6 Å². The van der Waals surface area contributed by atoms with Crippen LogP contribution in [0, 0.1) is 18.8 Å². The van der Waals surface area contributed by atoms with E-state index in [2.05, 4.69) is 19.2 Å². The number of aryl methyl sites for hydroxylation is 1. The van der Waals surface area contributed by atoms with Gasteiger partial charge < -0.3 is 11.1 Å². The van der Waals surface area contributed by atoms with Crippen molar-refractivity contribution >= 4 is 5.91 Å². The molecule has 1 unspecified atom stereocenters. The van der Waals surface area contributed by atoms with E-state index in [9.17, 15) is 4.79 Å². The maximum Gasteiger partial charge on any atom is 0.241 e. The molecule has 21 heavy (non-hydrogen) atoms. The zero-order valence-corrected chi connectivity index (χ0v) is 13.4. The Morgan fingerprint density at radius 3 is 2.24 bits per heavy atom. The van der Waals surface area contributed by atoms with Gasteiger partial charge in [0.1, 0.15) is 6.04 Å². The lowest BCUT2D eigenvalue weighted by atomic mass is 9.79. The molecule has 3 heteroatoms. The van der Waals surface area contributed by atoms with E-state index in [1.54, 1.807) is 0 Å². The number of benzene rings is 1. The molecular weight excluding hydrogens is 260 g/mol. The number of hydrogen-bond donors (Lipinski definition) is 2. The van der Waals surface area contributed by atoms with Crippen molar-refractivity contribution in [2.45, 2.75) is 58.5 Å². The van der Waals surface area contributed by atoms with Crippen LogP contribution >= 0.6 is 0 Å². The van der Waals surface area contributed by atoms with Crippen LogP contribution in [0.4, 0.5) is 0 Å². The van der Waals surface area contributed by atoms with Gasteiger partial charge in [0.05, 0.1) is 0 Å². The van der Waals surface area contributed by atoms with Crippen LogP contribution in [0.5, 0.6) is 0 Å². The van der Waals surface area contributed by atoms with Crippen LogP contribution < -0.4 is 11.1 Å². The Morgan fingerprint density at radius 2 is 1.71 bits per heavy atom. The van der Waals surface area contributed by atoms with E-state index >= 15 is 0 Å². The molecule has 1 aromatic rings. The fourth-order valence-corrected chi connectivity index (χ4v) is 3.15. The summed E-state index contributed by atoms with van der Waals surface area (Å²) in [5.74, 6) is 1.51. The third-order valence-corrected chi connectivity index (χ3v) is 4.78. The van der Waals surface area contributed by atoms with Crippen LogP contribution in [-0.4, -0.2) is 11.9 Å². The number of carbonyl (C=O) groups excluding carboxylic acids is 1. The second-order valence-corrected chi connectivity index (χ2v) is 6.75. The highest BCUT2D eigenvalue weighted by atomic mass is 16.2. The molecule has 0 bridgehead atoms. The number of rotatable bonds is 4. The highest BCUT2D eigenvalue weighted by molar-refractivity contribution is 5.83. The molecule has 0 aliphatic heterocycles. The van der Waals surface area contributed by atoms with Crippen molar-refractivity contribution in [3.05, 3.63) is 35.4 Å². The van der Waals surface area contributed by atoms with E-state index in [4.69, 9.17) is 5.73 Å². The smallest absolute Gasteiger partial charge is 0.241 e. The van der Waals surface area contributed by atoms with E-state index < -0.39 is 6.04 Å². The summed E-state index contributed by atoms with van der Waals surface area (Å²) >= 11 is 0. The highest BCUT2D eigenvalue weighted by Crippen LogP contribution is 2.30. The molecule has 116 valence electrons. The second-order valence-electron chi connectivity index (χ2n) is 6.75. The highest BCUT2D eigenvalue weighted by Gasteiger charge is 2.26. The third-order valence-electron chi connectivity index (χ3n) is 4.78. The molecule has 0 radical (unpaired) electrons. The number of nitrogens with one attached hydrogen (secondary N) is 1. The van der Waals surface area contributed by atoms with E-state index in [0.29, 0.717) is 6.04 Å². The van der Waals surface area contributed by atoms with Gasteiger partial charge in [-0.15, -0.1) is 0 Å². The van der Waals surface area contributed by atoms with Crippen molar-refractivity contribution in [1.29, 1.82) is 0 Å². The minimum Gasteiger partial charge on any atom is -0.352 e. The monoisotopic (exact) mass is 288 g/mol. The van der Waals surface area contributed by atoms with Crippen LogP contribution in [0.1, 0.15) is 56.7 Å². The Bertz CT molecular complexity index is 459. The predicted molar refractivity (Wildman–Crippen MR) is 86.8 cm³/mol. The van der Waals surface area contributed by atoms with Crippen LogP contribution in [0.15, 0.2) is 24.3 Å². The van der Waals surface area contributed by atoms with Gasteiger partial charge >= 0.3 is 0 Å². The van der Waals surface area contributed by atoms with Crippen molar-refractivity contribution < 1.29 is 4.79 Å². The maximum absolute atomic E-state index is 12.3. The second kappa shape index (κ2) is 7.08. The Morgan fingerprint density at radius 1 is 1.14 bits per heavy atom. The molecule has 1 fully saturated rings. The number of carbonyl (C=O) groups is 1. The van der Waals surface area contributed by atoms with Crippen molar-refractivity contribution in [1.82, 2.24) is 5.32 Å².